The average molecular weight is 212 g/mol. The maximum absolute atomic E-state index is 10.1. The Bertz CT molecular complexity index is 203. The van der Waals surface area contributed by atoms with Crippen molar-refractivity contribution in [2.45, 2.75) is 58.3 Å². The van der Waals surface area contributed by atoms with Crippen LogP contribution >= 0.6 is 0 Å². The lowest BCUT2D eigenvalue weighted by Gasteiger charge is -2.24. The number of unbranched alkanes of at least 4 members (excludes halogenated alkanes) is 1. The molecule has 88 valence electrons. The van der Waals surface area contributed by atoms with Crippen molar-refractivity contribution in [2.75, 3.05) is 0 Å². The second-order valence-electron chi connectivity index (χ2n) is 4.77. The zero-order valence-electron chi connectivity index (χ0n) is 10.1. The predicted molar refractivity (Wildman–Crippen MR) is 62.7 cm³/mol. The van der Waals surface area contributed by atoms with Crippen molar-refractivity contribution in [3.05, 3.63) is 12.7 Å². The lowest BCUT2D eigenvalue weighted by atomic mass is 9.83. The van der Waals surface area contributed by atoms with Crippen LogP contribution in [0.3, 0.4) is 0 Å². The van der Waals surface area contributed by atoms with Crippen molar-refractivity contribution in [3.8, 4) is 0 Å². The third-order valence-electron chi connectivity index (χ3n) is 3.67. The molecule has 0 aromatic rings. The fourth-order valence-electron chi connectivity index (χ4n) is 2.62. The van der Waals surface area contributed by atoms with Crippen LogP contribution in [-0.2, 0) is 4.74 Å². The monoisotopic (exact) mass is 212 g/mol. The van der Waals surface area contributed by atoms with Gasteiger partial charge in [0, 0.05) is 5.92 Å². The highest BCUT2D eigenvalue weighted by Crippen LogP contribution is 2.35. The summed E-state index contributed by atoms with van der Waals surface area (Å²) in [4.78, 5) is 0. The van der Waals surface area contributed by atoms with Crippen LogP contribution < -0.4 is 0 Å². The van der Waals surface area contributed by atoms with Crippen molar-refractivity contribution in [1.29, 1.82) is 0 Å². The number of hydrogen-bond acceptors (Lipinski definition) is 2. The van der Waals surface area contributed by atoms with Gasteiger partial charge in [-0.05, 0) is 39.0 Å². The summed E-state index contributed by atoms with van der Waals surface area (Å²) in [5.74, 6) is 0.753. The van der Waals surface area contributed by atoms with Gasteiger partial charge in [-0.2, -0.15) is 0 Å². The first-order valence-corrected chi connectivity index (χ1v) is 6.02. The standard InChI is InChI=1S/C13H24O2/c1-5-6-7-8-12(14)13-9(2)10(3)15-11(13)4/h5,9-14H,1,6-8H2,2-4H3. The Hall–Kier alpha value is -0.340. The minimum Gasteiger partial charge on any atom is -0.393 e. The fourth-order valence-corrected chi connectivity index (χ4v) is 2.62. The Morgan fingerprint density at radius 1 is 1.33 bits per heavy atom. The first kappa shape index (κ1) is 12.7. The quantitative estimate of drug-likeness (QED) is 0.561. The maximum Gasteiger partial charge on any atom is 0.0607 e. The molecule has 0 aromatic carbocycles. The molecule has 0 saturated carbocycles. The smallest absolute Gasteiger partial charge is 0.0607 e. The van der Waals surface area contributed by atoms with Crippen LogP contribution in [0.4, 0.5) is 0 Å². The van der Waals surface area contributed by atoms with Gasteiger partial charge in [0.1, 0.15) is 0 Å². The molecule has 1 saturated heterocycles. The molecule has 1 aliphatic heterocycles. The van der Waals surface area contributed by atoms with Gasteiger partial charge in [-0.15, -0.1) is 6.58 Å². The van der Waals surface area contributed by atoms with Crippen molar-refractivity contribution in [2.24, 2.45) is 11.8 Å². The fraction of sp³-hybridized carbons (Fsp3) is 0.846. The van der Waals surface area contributed by atoms with Crippen LogP contribution in [0, 0.1) is 11.8 Å². The second kappa shape index (κ2) is 5.66. The highest BCUT2D eigenvalue weighted by atomic mass is 16.5. The molecule has 1 heterocycles. The topological polar surface area (TPSA) is 29.5 Å². The third kappa shape index (κ3) is 3.05. The van der Waals surface area contributed by atoms with Gasteiger partial charge in [-0.1, -0.05) is 13.0 Å². The molecule has 1 fully saturated rings. The largest absolute Gasteiger partial charge is 0.393 e. The minimum absolute atomic E-state index is 0.189. The minimum atomic E-state index is -0.222. The van der Waals surface area contributed by atoms with Crippen molar-refractivity contribution in [1.82, 2.24) is 0 Å². The molecule has 2 nitrogen and oxygen atoms in total. The van der Waals surface area contributed by atoms with Crippen molar-refractivity contribution < 1.29 is 9.84 Å². The van der Waals surface area contributed by atoms with Gasteiger partial charge in [-0.25, -0.2) is 0 Å². The van der Waals surface area contributed by atoms with E-state index in [-0.39, 0.29) is 18.3 Å². The van der Waals surface area contributed by atoms with E-state index in [1.54, 1.807) is 0 Å². The highest BCUT2D eigenvalue weighted by Gasteiger charge is 2.40. The first-order chi connectivity index (χ1) is 7.07. The van der Waals surface area contributed by atoms with Crippen LogP contribution in [0.1, 0.15) is 40.0 Å². The van der Waals surface area contributed by atoms with E-state index in [4.69, 9.17) is 4.74 Å². The molecular formula is C13H24O2. The molecular weight excluding hydrogens is 188 g/mol. The van der Waals surface area contributed by atoms with Gasteiger partial charge in [0.25, 0.3) is 0 Å². The molecule has 15 heavy (non-hydrogen) atoms. The van der Waals surface area contributed by atoms with E-state index in [9.17, 15) is 5.11 Å². The summed E-state index contributed by atoms with van der Waals surface area (Å²) in [6.45, 7) is 10.0. The molecule has 0 aliphatic carbocycles. The van der Waals surface area contributed by atoms with E-state index < -0.39 is 0 Å². The Kier molecular flexibility index (Phi) is 4.81. The zero-order chi connectivity index (χ0) is 11.4. The van der Waals surface area contributed by atoms with Gasteiger partial charge in [0.2, 0.25) is 0 Å². The summed E-state index contributed by atoms with van der Waals surface area (Å²) in [6, 6.07) is 0. The lowest BCUT2D eigenvalue weighted by molar-refractivity contribution is 0.0206. The third-order valence-corrected chi connectivity index (χ3v) is 3.67. The Morgan fingerprint density at radius 2 is 2.00 bits per heavy atom. The molecule has 5 unspecified atom stereocenters. The number of allylic oxidation sites excluding steroid dienone is 1. The van der Waals surface area contributed by atoms with Crippen LogP contribution in [0.15, 0.2) is 12.7 Å². The number of hydrogen-bond donors (Lipinski definition) is 1. The van der Waals surface area contributed by atoms with Crippen LogP contribution in [0.5, 0.6) is 0 Å². The van der Waals surface area contributed by atoms with Gasteiger partial charge < -0.3 is 9.84 Å². The molecule has 0 spiro atoms. The van der Waals surface area contributed by atoms with Crippen LogP contribution in [0.25, 0.3) is 0 Å². The Labute approximate surface area is 93.3 Å². The predicted octanol–water partition coefficient (Wildman–Crippen LogP) is 2.76. The van der Waals surface area contributed by atoms with Crippen molar-refractivity contribution >= 4 is 0 Å². The summed E-state index contributed by atoms with van der Waals surface area (Å²) < 4.78 is 5.73. The summed E-state index contributed by atoms with van der Waals surface area (Å²) >= 11 is 0. The zero-order valence-corrected chi connectivity index (χ0v) is 10.1. The molecule has 0 bridgehead atoms. The van der Waals surface area contributed by atoms with Gasteiger partial charge >= 0.3 is 0 Å². The SMILES string of the molecule is C=CCCCC(O)C1C(C)OC(C)C1C. The normalized spacial score (nSPS) is 37.9. The molecule has 0 radical (unpaired) electrons. The maximum atomic E-state index is 10.1. The molecule has 1 rings (SSSR count). The van der Waals surface area contributed by atoms with Crippen LogP contribution in [-0.4, -0.2) is 23.4 Å². The molecule has 5 atom stereocenters. The highest BCUT2D eigenvalue weighted by molar-refractivity contribution is 4.88. The molecule has 2 heteroatoms. The summed E-state index contributed by atoms with van der Waals surface area (Å²) in [6.07, 6.45) is 5.03. The van der Waals surface area contributed by atoms with Gasteiger partial charge in [-0.3, -0.25) is 0 Å². The van der Waals surface area contributed by atoms with Gasteiger partial charge in [0.15, 0.2) is 0 Å². The van der Waals surface area contributed by atoms with Crippen molar-refractivity contribution in [3.63, 3.8) is 0 Å². The average Bonchev–Trinajstić information content (AvgIpc) is 2.41. The second-order valence-corrected chi connectivity index (χ2v) is 4.77. The molecule has 1 aliphatic rings. The van der Waals surface area contributed by atoms with Gasteiger partial charge in [0.05, 0.1) is 18.3 Å². The number of rotatable bonds is 5. The molecule has 0 amide bonds. The Morgan fingerprint density at radius 3 is 2.47 bits per heavy atom. The van der Waals surface area contributed by atoms with E-state index in [1.807, 2.05) is 6.08 Å². The first-order valence-electron chi connectivity index (χ1n) is 6.02. The van der Waals surface area contributed by atoms with E-state index >= 15 is 0 Å². The summed E-state index contributed by atoms with van der Waals surface area (Å²) in [5, 5.41) is 10.1. The van der Waals surface area contributed by atoms with E-state index in [1.165, 1.54) is 0 Å². The summed E-state index contributed by atoms with van der Waals surface area (Å²) in [5.41, 5.74) is 0. The molecule has 1 N–H and O–H groups in total. The number of aliphatic hydroxyl groups is 1. The van der Waals surface area contributed by atoms with E-state index in [0.29, 0.717) is 11.8 Å². The summed E-state index contributed by atoms with van der Waals surface area (Å²) in [7, 11) is 0. The lowest BCUT2D eigenvalue weighted by Crippen LogP contribution is -2.30. The Balaban J connectivity index is 2.43. The van der Waals surface area contributed by atoms with Crippen LogP contribution in [0.2, 0.25) is 0 Å². The number of ether oxygens (including phenoxy) is 1. The number of aliphatic hydroxyl groups excluding tert-OH is 1. The van der Waals surface area contributed by atoms with E-state index in [2.05, 4.69) is 27.4 Å². The molecule has 0 aromatic heterocycles. The van der Waals surface area contributed by atoms with E-state index in [0.717, 1.165) is 19.3 Å².